The SMILES string of the molecule is COC(=O)[C@H]([C@H](Br)c1ccc(OC(C)=O)c(I)c1)N1C(=O)c2ccccc2C1=O. The van der Waals surface area contributed by atoms with E-state index in [0.717, 1.165) is 4.90 Å². The molecular formula is C20H15BrINO6. The molecule has 0 N–H and O–H groups in total. The summed E-state index contributed by atoms with van der Waals surface area (Å²) in [5.74, 6) is -1.93. The van der Waals surface area contributed by atoms with Crippen molar-refractivity contribution in [3.8, 4) is 5.75 Å². The number of halogens is 2. The van der Waals surface area contributed by atoms with E-state index in [0.29, 0.717) is 14.9 Å². The van der Waals surface area contributed by atoms with Gasteiger partial charge in [-0.05, 0) is 52.4 Å². The van der Waals surface area contributed by atoms with E-state index in [1.165, 1.54) is 14.0 Å². The Morgan fingerprint density at radius 2 is 1.66 bits per heavy atom. The van der Waals surface area contributed by atoms with E-state index in [1.54, 1.807) is 42.5 Å². The molecule has 7 nitrogen and oxygen atoms in total. The van der Waals surface area contributed by atoms with Crippen LogP contribution in [0.1, 0.15) is 38.0 Å². The second kappa shape index (κ2) is 8.62. The van der Waals surface area contributed by atoms with Crippen molar-refractivity contribution in [2.75, 3.05) is 7.11 Å². The maximum atomic E-state index is 12.9. The van der Waals surface area contributed by atoms with E-state index in [4.69, 9.17) is 9.47 Å². The van der Waals surface area contributed by atoms with Gasteiger partial charge in [-0.25, -0.2) is 4.79 Å². The van der Waals surface area contributed by atoms with Crippen LogP contribution in [0.2, 0.25) is 0 Å². The fourth-order valence-electron chi connectivity index (χ4n) is 3.05. The van der Waals surface area contributed by atoms with E-state index < -0.39 is 34.6 Å². The van der Waals surface area contributed by atoms with Crippen LogP contribution in [-0.4, -0.2) is 41.8 Å². The molecule has 0 spiro atoms. The summed E-state index contributed by atoms with van der Waals surface area (Å²) in [6.07, 6.45) is 0. The molecule has 1 aliphatic rings. The molecule has 9 heteroatoms. The van der Waals surface area contributed by atoms with Crippen LogP contribution in [0.5, 0.6) is 5.75 Å². The minimum Gasteiger partial charge on any atom is -0.467 e. The minimum atomic E-state index is -1.22. The number of carbonyl (C=O) groups excluding carboxylic acids is 4. The zero-order chi connectivity index (χ0) is 21.3. The number of nitrogens with zero attached hydrogens (tertiary/aromatic N) is 1. The molecule has 0 fully saturated rings. The molecular weight excluding hydrogens is 557 g/mol. The van der Waals surface area contributed by atoms with Gasteiger partial charge in [0, 0.05) is 6.92 Å². The van der Waals surface area contributed by atoms with Gasteiger partial charge in [-0.15, -0.1) is 0 Å². The quantitative estimate of drug-likeness (QED) is 0.179. The Hall–Kier alpha value is -2.27. The van der Waals surface area contributed by atoms with Crippen molar-refractivity contribution >= 4 is 62.3 Å². The summed E-state index contributed by atoms with van der Waals surface area (Å²) in [5.41, 5.74) is 1.09. The number of ether oxygens (including phenoxy) is 2. The third-order valence-electron chi connectivity index (χ3n) is 4.35. The molecule has 0 radical (unpaired) electrons. The Labute approximate surface area is 188 Å². The van der Waals surface area contributed by atoms with Crippen molar-refractivity contribution in [3.63, 3.8) is 0 Å². The van der Waals surface area contributed by atoms with Crippen molar-refractivity contribution in [3.05, 3.63) is 62.7 Å². The first-order valence-electron chi connectivity index (χ1n) is 8.43. The zero-order valence-electron chi connectivity index (χ0n) is 15.3. The van der Waals surface area contributed by atoms with Gasteiger partial charge in [-0.2, -0.15) is 0 Å². The van der Waals surface area contributed by atoms with Gasteiger partial charge in [0.1, 0.15) is 5.75 Å². The highest BCUT2D eigenvalue weighted by atomic mass is 127. The average Bonchev–Trinajstić information content (AvgIpc) is 2.94. The van der Waals surface area contributed by atoms with E-state index in [9.17, 15) is 19.2 Å². The summed E-state index contributed by atoms with van der Waals surface area (Å²) in [6, 6.07) is 10.1. The average molecular weight is 572 g/mol. The second-order valence-corrected chi connectivity index (χ2v) is 8.33. The number of hydrogen-bond acceptors (Lipinski definition) is 6. The van der Waals surface area contributed by atoms with E-state index in [1.807, 2.05) is 22.6 Å². The predicted molar refractivity (Wildman–Crippen MR) is 115 cm³/mol. The highest BCUT2D eigenvalue weighted by Gasteiger charge is 2.46. The van der Waals surface area contributed by atoms with Crippen molar-refractivity contribution < 1.29 is 28.7 Å². The van der Waals surface area contributed by atoms with Crippen molar-refractivity contribution in [1.82, 2.24) is 4.90 Å². The molecule has 29 heavy (non-hydrogen) atoms. The smallest absolute Gasteiger partial charge is 0.330 e. The van der Waals surface area contributed by atoms with Crippen LogP contribution in [-0.2, 0) is 14.3 Å². The number of hydrogen-bond donors (Lipinski definition) is 0. The van der Waals surface area contributed by atoms with Gasteiger partial charge in [0.15, 0.2) is 6.04 Å². The third-order valence-corrected chi connectivity index (χ3v) is 6.22. The Morgan fingerprint density at radius 3 is 2.14 bits per heavy atom. The largest absolute Gasteiger partial charge is 0.467 e. The van der Waals surface area contributed by atoms with Gasteiger partial charge < -0.3 is 9.47 Å². The second-order valence-electron chi connectivity index (χ2n) is 6.18. The summed E-state index contributed by atoms with van der Waals surface area (Å²) in [4.78, 5) is 49.7. The Bertz CT molecular complexity index is 989. The van der Waals surface area contributed by atoms with Gasteiger partial charge >= 0.3 is 11.9 Å². The Kier molecular flexibility index (Phi) is 6.37. The number of esters is 2. The third kappa shape index (κ3) is 4.06. The topological polar surface area (TPSA) is 90.0 Å². The van der Waals surface area contributed by atoms with Crippen LogP contribution >= 0.6 is 38.5 Å². The summed E-state index contributed by atoms with van der Waals surface area (Å²) < 4.78 is 10.6. The normalized spacial score (nSPS) is 15.0. The summed E-state index contributed by atoms with van der Waals surface area (Å²) in [5, 5.41) is 0. The maximum absolute atomic E-state index is 12.9. The highest BCUT2D eigenvalue weighted by molar-refractivity contribution is 14.1. The fourth-order valence-corrected chi connectivity index (χ4v) is 4.43. The van der Waals surface area contributed by atoms with Gasteiger partial charge in [0.25, 0.3) is 11.8 Å². The van der Waals surface area contributed by atoms with Gasteiger partial charge in [-0.3, -0.25) is 19.3 Å². The molecule has 2 atom stereocenters. The standard InChI is InChI=1S/C20H15BrINO6/c1-10(24)29-15-8-7-11(9-14(15)22)16(21)17(20(27)28-2)23-18(25)12-5-3-4-6-13(12)19(23)26/h3-9,16-17H,1-2H3/t16-,17+/m1/s1. The Balaban J connectivity index is 1.99. The highest BCUT2D eigenvalue weighted by Crippen LogP contribution is 2.37. The van der Waals surface area contributed by atoms with Crippen LogP contribution in [0.3, 0.4) is 0 Å². The molecule has 2 aromatic carbocycles. The number of amides is 2. The van der Waals surface area contributed by atoms with Crippen LogP contribution in [0.25, 0.3) is 0 Å². The number of carbonyl (C=O) groups is 4. The lowest BCUT2D eigenvalue weighted by Crippen LogP contribution is -2.47. The molecule has 1 aliphatic heterocycles. The van der Waals surface area contributed by atoms with E-state index in [2.05, 4.69) is 15.9 Å². The van der Waals surface area contributed by atoms with Crippen LogP contribution < -0.4 is 4.74 Å². The number of alkyl halides is 1. The maximum Gasteiger partial charge on any atom is 0.330 e. The first kappa shape index (κ1) is 21.4. The van der Waals surface area contributed by atoms with E-state index in [-0.39, 0.29) is 11.1 Å². The first-order valence-corrected chi connectivity index (χ1v) is 10.4. The number of imide groups is 1. The number of fused-ring (bicyclic) bond motifs is 1. The molecule has 3 rings (SSSR count). The lowest BCUT2D eigenvalue weighted by Gasteiger charge is -2.28. The van der Waals surface area contributed by atoms with Crippen LogP contribution in [0, 0.1) is 3.57 Å². The van der Waals surface area contributed by atoms with E-state index >= 15 is 0 Å². The fraction of sp³-hybridized carbons (Fsp3) is 0.200. The van der Waals surface area contributed by atoms with Crippen molar-refractivity contribution in [2.45, 2.75) is 17.8 Å². The minimum absolute atomic E-state index is 0.242. The molecule has 0 aliphatic carbocycles. The van der Waals surface area contributed by atoms with Crippen molar-refractivity contribution in [1.29, 1.82) is 0 Å². The Morgan fingerprint density at radius 1 is 1.07 bits per heavy atom. The molecule has 0 bridgehead atoms. The molecule has 0 saturated heterocycles. The lowest BCUT2D eigenvalue weighted by molar-refractivity contribution is -0.145. The van der Waals surface area contributed by atoms with Crippen molar-refractivity contribution in [2.24, 2.45) is 0 Å². The lowest BCUT2D eigenvalue weighted by atomic mass is 10.0. The molecule has 2 amide bonds. The molecule has 0 saturated carbocycles. The molecule has 150 valence electrons. The first-order chi connectivity index (χ1) is 13.8. The summed E-state index contributed by atoms with van der Waals surface area (Å²) in [7, 11) is 1.20. The van der Waals surface area contributed by atoms with Gasteiger partial charge in [-0.1, -0.05) is 34.1 Å². The molecule has 2 aromatic rings. The summed E-state index contributed by atoms with van der Waals surface area (Å²) >= 11 is 5.45. The molecule has 0 aromatic heterocycles. The van der Waals surface area contributed by atoms with Gasteiger partial charge in [0.05, 0.1) is 26.6 Å². The predicted octanol–water partition coefficient (Wildman–Crippen LogP) is 3.49. The van der Waals surface area contributed by atoms with Gasteiger partial charge in [0.2, 0.25) is 0 Å². The summed E-state index contributed by atoms with van der Waals surface area (Å²) in [6.45, 7) is 1.30. The number of benzene rings is 2. The van der Waals surface area contributed by atoms with Crippen LogP contribution in [0.4, 0.5) is 0 Å². The number of rotatable bonds is 5. The zero-order valence-corrected chi connectivity index (χ0v) is 19.1. The number of methoxy groups -OCH3 is 1. The monoisotopic (exact) mass is 571 g/mol. The molecule has 0 unspecified atom stereocenters. The van der Waals surface area contributed by atoms with Crippen LogP contribution in [0.15, 0.2) is 42.5 Å². The molecule has 1 heterocycles.